The van der Waals surface area contributed by atoms with Crippen molar-refractivity contribution in [2.75, 3.05) is 33.2 Å². The second-order valence-electron chi connectivity index (χ2n) is 6.43. The Kier molecular flexibility index (Phi) is 7.50. The van der Waals surface area contributed by atoms with Crippen LogP contribution in [0.1, 0.15) is 45.4 Å². The van der Waals surface area contributed by atoms with Crippen LogP contribution >= 0.6 is 0 Å². The molecule has 0 spiro atoms. The van der Waals surface area contributed by atoms with E-state index < -0.39 is 5.97 Å². The van der Waals surface area contributed by atoms with E-state index in [2.05, 4.69) is 29.5 Å². The van der Waals surface area contributed by atoms with E-state index in [0.717, 1.165) is 38.8 Å². The summed E-state index contributed by atoms with van der Waals surface area (Å²) in [4.78, 5) is 24.4. The number of carbonyl (C=O) groups excluding carboxylic acids is 1. The molecule has 1 saturated heterocycles. The van der Waals surface area contributed by atoms with Gasteiger partial charge in [-0.3, -0.25) is 4.79 Å². The summed E-state index contributed by atoms with van der Waals surface area (Å²) >= 11 is 0. The van der Waals surface area contributed by atoms with Gasteiger partial charge in [-0.05, 0) is 51.2 Å². The van der Waals surface area contributed by atoms with E-state index in [4.69, 9.17) is 5.11 Å². The van der Waals surface area contributed by atoms with Gasteiger partial charge in [0.25, 0.3) is 0 Å². The van der Waals surface area contributed by atoms with Crippen LogP contribution < -0.4 is 10.6 Å². The molecule has 122 valence electrons. The summed E-state index contributed by atoms with van der Waals surface area (Å²) in [6.07, 6.45) is 4.75. The number of likely N-dealkylation sites (tertiary alicyclic amines) is 1. The molecule has 0 saturated carbocycles. The maximum absolute atomic E-state index is 11.7. The molecule has 0 aromatic heterocycles. The largest absolute Gasteiger partial charge is 0.481 e. The lowest BCUT2D eigenvalue weighted by Gasteiger charge is -2.37. The van der Waals surface area contributed by atoms with E-state index in [1.807, 2.05) is 0 Å². The van der Waals surface area contributed by atoms with Gasteiger partial charge < -0.3 is 20.6 Å². The van der Waals surface area contributed by atoms with Gasteiger partial charge in [0.15, 0.2) is 0 Å². The number of rotatable bonds is 8. The summed E-state index contributed by atoms with van der Waals surface area (Å²) in [7, 11) is 2.13. The van der Waals surface area contributed by atoms with Gasteiger partial charge in [-0.15, -0.1) is 0 Å². The van der Waals surface area contributed by atoms with Crippen molar-refractivity contribution in [3.8, 4) is 0 Å². The molecule has 0 radical (unpaired) electrons. The molecule has 0 aliphatic carbocycles. The predicted octanol–water partition coefficient (Wildman–Crippen LogP) is 1.66. The molecule has 0 unspecified atom stereocenters. The molecule has 1 fully saturated rings. The van der Waals surface area contributed by atoms with Gasteiger partial charge in [-0.25, -0.2) is 4.79 Å². The zero-order valence-electron chi connectivity index (χ0n) is 13.3. The molecule has 0 aromatic rings. The lowest BCUT2D eigenvalue weighted by molar-refractivity contribution is -0.137. The quantitative estimate of drug-likeness (QED) is 0.595. The Morgan fingerprint density at radius 1 is 1.14 bits per heavy atom. The number of carboxylic acids is 1. The number of amides is 2. The molecule has 1 rings (SSSR count). The first-order valence-corrected chi connectivity index (χ1v) is 7.83. The third-order valence-electron chi connectivity index (χ3n) is 4.22. The summed E-state index contributed by atoms with van der Waals surface area (Å²) in [6, 6.07) is -0.117. The molecule has 0 aromatic carbocycles. The number of carboxylic acid groups (broad SMARTS) is 1. The fraction of sp³-hybridized carbons (Fsp3) is 0.867. The number of carbonyl (C=O) groups is 2. The fourth-order valence-electron chi connectivity index (χ4n) is 2.47. The summed E-state index contributed by atoms with van der Waals surface area (Å²) in [5, 5.41) is 14.3. The zero-order chi connectivity index (χ0) is 15.7. The Hall–Kier alpha value is -1.30. The lowest BCUT2D eigenvalue weighted by atomic mass is 9.80. The number of urea groups is 1. The number of nitrogens with zero attached hydrogens (tertiary/aromatic N) is 1. The van der Waals surface area contributed by atoms with Crippen molar-refractivity contribution in [2.24, 2.45) is 5.41 Å². The van der Waals surface area contributed by atoms with Crippen molar-refractivity contribution in [1.29, 1.82) is 0 Å². The lowest BCUT2D eigenvalue weighted by Crippen LogP contribution is -2.46. The molecular weight excluding hydrogens is 270 g/mol. The Morgan fingerprint density at radius 3 is 2.43 bits per heavy atom. The Balaban J connectivity index is 2.04. The maximum Gasteiger partial charge on any atom is 0.314 e. The third-order valence-corrected chi connectivity index (χ3v) is 4.22. The van der Waals surface area contributed by atoms with E-state index in [1.165, 1.54) is 0 Å². The summed E-state index contributed by atoms with van der Waals surface area (Å²) in [5.41, 5.74) is 0.200. The van der Waals surface area contributed by atoms with Crippen molar-refractivity contribution in [3.05, 3.63) is 0 Å². The Morgan fingerprint density at radius 2 is 1.81 bits per heavy atom. The van der Waals surface area contributed by atoms with Crippen LogP contribution in [0.15, 0.2) is 0 Å². The van der Waals surface area contributed by atoms with Gasteiger partial charge in [0.1, 0.15) is 0 Å². The van der Waals surface area contributed by atoms with Gasteiger partial charge >= 0.3 is 12.0 Å². The average molecular weight is 299 g/mol. The standard InChI is InChI=1S/C15H29N3O3/c1-15(7-10-18(2)11-8-15)12-17-14(21)16-9-5-3-4-6-13(19)20/h3-12H2,1-2H3,(H,19,20)(H2,16,17,21). The molecular formula is C15H29N3O3. The van der Waals surface area contributed by atoms with Crippen LogP contribution in [0, 0.1) is 5.41 Å². The second kappa shape index (κ2) is 8.87. The smallest absolute Gasteiger partial charge is 0.314 e. The Bertz CT molecular complexity index is 339. The predicted molar refractivity (Wildman–Crippen MR) is 82.3 cm³/mol. The van der Waals surface area contributed by atoms with Gasteiger partial charge in [-0.2, -0.15) is 0 Å². The minimum atomic E-state index is -0.757. The van der Waals surface area contributed by atoms with E-state index >= 15 is 0 Å². The Labute approximate surface area is 127 Å². The van der Waals surface area contributed by atoms with Crippen LogP contribution in [0.2, 0.25) is 0 Å². The van der Waals surface area contributed by atoms with Crippen LogP contribution in [0.25, 0.3) is 0 Å². The highest BCUT2D eigenvalue weighted by Crippen LogP contribution is 2.29. The number of unbranched alkanes of at least 4 members (excludes halogenated alkanes) is 2. The second-order valence-corrected chi connectivity index (χ2v) is 6.43. The first-order valence-electron chi connectivity index (χ1n) is 7.83. The van der Waals surface area contributed by atoms with Gasteiger partial charge in [0, 0.05) is 19.5 Å². The third kappa shape index (κ3) is 7.90. The summed E-state index contributed by atoms with van der Waals surface area (Å²) in [6.45, 7) is 5.72. The van der Waals surface area contributed by atoms with Crippen LogP contribution in [-0.4, -0.2) is 55.2 Å². The molecule has 6 heteroatoms. The normalized spacial score (nSPS) is 18.2. The van der Waals surface area contributed by atoms with Gasteiger partial charge in [0.2, 0.25) is 0 Å². The molecule has 3 N–H and O–H groups in total. The first kappa shape index (κ1) is 17.8. The van der Waals surface area contributed by atoms with E-state index in [1.54, 1.807) is 0 Å². The SMILES string of the molecule is CN1CCC(C)(CNC(=O)NCCCCCC(=O)O)CC1. The van der Waals surface area contributed by atoms with Crippen LogP contribution in [0.4, 0.5) is 4.79 Å². The van der Waals surface area contributed by atoms with Crippen LogP contribution in [0.3, 0.4) is 0 Å². The maximum atomic E-state index is 11.7. The summed E-state index contributed by atoms with van der Waals surface area (Å²) < 4.78 is 0. The molecule has 0 bridgehead atoms. The van der Waals surface area contributed by atoms with Crippen LogP contribution in [-0.2, 0) is 4.79 Å². The first-order chi connectivity index (χ1) is 9.91. The zero-order valence-corrected chi connectivity index (χ0v) is 13.3. The summed E-state index contributed by atoms with van der Waals surface area (Å²) in [5.74, 6) is -0.757. The highest BCUT2D eigenvalue weighted by atomic mass is 16.4. The van der Waals surface area contributed by atoms with Gasteiger partial charge in [-0.1, -0.05) is 13.3 Å². The highest BCUT2D eigenvalue weighted by molar-refractivity contribution is 5.73. The monoisotopic (exact) mass is 299 g/mol. The molecule has 1 aliphatic rings. The van der Waals surface area contributed by atoms with Crippen molar-refractivity contribution in [3.63, 3.8) is 0 Å². The molecule has 6 nitrogen and oxygen atoms in total. The molecule has 2 amide bonds. The van der Waals surface area contributed by atoms with Gasteiger partial charge in [0.05, 0.1) is 0 Å². The van der Waals surface area contributed by atoms with Crippen LogP contribution in [0.5, 0.6) is 0 Å². The molecule has 0 atom stereocenters. The number of aliphatic carboxylic acids is 1. The minimum absolute atomic E-state index is 0.117. The van der Waals surface area contributed by atoms with Crippen molar-refractivity contribution < 1.29 is 14.7 Å². The number of hydrogen-bond donors (Lipinski definition) is 3. The fourth-order valence-corrected chi connectivity index (χ4v) is 2.47. The van der Waals surface area contributed by atoms with E-state index in [9.17, 15) is 9.59 Å². The topological polar surface area (TPSA) is 81.7 Å². The minimum Gasteiger partial charge on any atom is -0.481 e. The number of nitrogens with one attached hydrogen (secondary N) is 2. The van der Waals surface area contributed by atoms with E-state index in [0.29, 0.717) is 19.5 Å². The van der Waals surface area contributed by atoms with Crippen molar-refractivity contribution in [1.82, 2.24) is 15.5 Å². The number of hydrogen-bond acceptors (Lipinski definition) is 3. The van der Waals surface area contributed by atoms with Crippen molar-refractivity contribution >= 4 is 12.0 Å². The average Bonchev–Trinajstić information content (AvgIpc) is 2.44. The molecule has 1 heterocycles. The number of piperidine rings is 1. The molecule has 21 heavy (non-hydrogen) atoms. The van der Waals surface area contributed by atoms with E-state index in [-0.39, 0.29) is 17.9 Å². The van der Waals surface area contributed by atoms with Crippen molar-refractivity contribution in [2.45, 2.75) is 45.4 Å². The highest BCUT2D eigenvalue weighted by Gasteiger charge is 2.28. The molecule has 1 aliphatic heterocycles.